The molecule has 7 heterocycles. The van der Waals surface area contributed by atoms with Crippen molar-refractivity contribution in [3.05, 3.63) is 69.2 Å². The molecule has 16 nitrogen and oxygen atoms in total. The number of likely N-dealkylation sites (tertiary alicyclic amines) is 1. The summed E-state index contributed by atoms with van der Waals surface area (Å²) in [4.78, 5) is 66.3. The van der Waals surface area contributed by atoms with E-state index in [4.69, 9.17) is 21.3 Å². The standard InChI is InChI=1S/C43H46ClF2N11O5/c1-53-31-9-6-26(20-29(31)35-36(40(53)60)62-22-43(45,46)37(50-35)24-3-4-24)48-38-30(44)21-47-41(51-38)55-15-17-57(18-16-55)42(61)56-13-11-23(12-14-56)25-5-7-27-32(19-25)54(2)52-34(27)28-8-10-33(58)49-39(28)59/h5-7,9,19-21,23-24,28,37,50H,3-4,8,10-18,22H2,1-2H3,(H,47,48,51)(H,49,58,59)/t28?,37-/m0/s1. The number of nitrogens with zero attached hydrogens (tertiary/aromatic N) is 8. The highest BCUT2D eigenvalue weighted by Gasteiger charge is 2.51. The quantitative estimate of drug-likeness (QED) is 0.185. The van der Waals surface area contributed by atoms with E-state index in [0.717, 1.165) is 23.7 Å². The molecular formula is C43H46ClF2N11O5. The van der Waals surface area contributed by atoms with E-state index >= 15 is 8.78 Å². The highest BCUT2D eigenvalue weighted by Crippen LogP contribution is 2.46. The lowest BCUT2D eigenvalue weighted by molar-refractivity contribution is -0.134. The number of anilines is 4. The van der Waals surface area contributed by atoms with E-state index in [9.17, 15) is 19.2 Å². The van der Waals surface area contributed by atoms with Gasteiger partial charge in [0, 0.05) is 76.2 Å². The first kappa shape index (κ1) is 40.1. The van der Waals surface area contributed by atoms with Crippen LogP contribution in [0.15, 0.2) is 47.4 Å². The number of aryl methyl sites for hydroxylation is 2. The number of alkyl halides is 2. The van der Waals surface area contributed by atoms with Gasteiger partial charge >= 0.3 is 12.0 Å². The summed E-state index contributed by atoms with van der Waals surface area (Å²) in [6.07, 6.45) is 5.27. The van der Waals surface area contributed by atoms with Gasteiger partial charge in [0.05, 0.1) is 40.6 Å². The van der Waals surface area contributed by atoms with Crippen LogP contribution in [-0.2, 0) is 23.7 Å². The van der Waals surface area contributed by atoms with Gasteiger partial charge in [-0.15, -0.1) is 0 Å². The molecule has 4 amide bonds. The number of aromatic nitrogens is 5. The van der Waals surface area contributed by atoms with Crippen molar-refractivity contribution in [1.82, 2.24) is 39.4 Å². The van der Waals surface area contributed by atoms with E-state index in [1.807, 2.05) is 27.8 Å². The van der Waals surface area contributed by atoms with Crippen molar-refractivity contribution in [2.45, 2.75) is 62.3 Å². The predicted octanol–water partition coefficient (Wildman–Crippen LogP) is 5.47. The SMILES string of the molecule is Cn1nc(C2CCC(=O)NC2=O)c2ccc(C3CCN(C(=O)N4CCN(c5ncc(Cl)c(Nc6ccc7c(c6)c6c(c(=O)n7C)OCC(F)(F)[C@H](C7CC7)N6)n5)CC4)CC3)cc21. The highest BCUT2D eigenvalue weighted by atomic mass is 35.5. The number of piperidine rings is 2. The number of fused-ring (bicyclic) bond motifs is 4. The van der Waals surface area contributed by atoms with Crippen LogP contribution in [-0.4, -0.2) is 110 Å². The van der Waals surface area contributed by atoms with Gasteiger partial charge in [-0.1, -0.05) is 23.7 Å². The third-order valence-corrected chi connectivity index (χ3v) is 13.4. The third kappa shape index (κ3) is 7.20. The Morgan fingerprint density at radius 3 is 2.42 bits per heavy atom. The molecule has 5 aliphatic rings. The smallest absolute Gasteiger partial charge is 0.320 e. The van der Waals surface area contributed by atoms with Crippen LogP contribution >= 0.6 is 11.6 Å². The van der Waals surface area contributed by atoms with E-state index < -0.39 is 30.0 Å². The summed E-state index contributed by atoms with van der Waals surface area (Å²) >= 11 is 6.60. The summed E-state index contributed by atoms with van der Waals surface area (Å²) in [7, 11) is 3.46. The molecule has 2 aromatic carbocycles. The van der Waals surface area contributed by atoms with Gasteiger partial charge in [0.1, 0.15) is 5.02 Å². The number of amides is 4. The summed E-state index contributed by atoms with van der Waals surface area (Å²) in [5.41, 5.74) is 3.68. The van der Waals surface area contributed by atoms with Crippen molar-refractivity contribution < 1.29 is 27.9 Å². The minimum absolute atomic E-state index is 0.0113. The Bertz CT molecular complexity index is 2710. The molecule has 19 heteroatoms. The molecule has 1 unspecified atom stereocenters. The molecule has 1 aliphatic carbocycles. The normalized spacial score (nSPS) is 21.9. The maximum Gasteiger partial charge on any atom is 0.320 e. The first-order valence-corrected chi connectivity index (χ1v) is 21.5. The predicted molar refractivity (Wildman–Crippen MR) is 229 cm³/mol. The lowest BCUT2D eigenvalue weighted by Crippen LogP contribution is -2.54. The Kier molecular flexibility index (Phi) is 9.95. The fourth-order valence-corrected chi connectivity index (χ4v) is 9.63. The molecule has 3 saturated heterocycles. The maximum atomic E-state index is 15.2. The topological polar surface area (TPSA) is 172 Å². The number of piperazine rings is 1. The Hall–Kier alpha value is -6.04. The number of rotatable bonds is 6. The van der Waals surface area contributed by atoms with E-state index in [1.54, 1.807) is 29.9 Å². The van der Waals surface area contributed by atoms with Crippen LogP contribution in [0.25, 0.3) is 21.8 Å². The first-order chi connectivity index (χ1) is 29.8. The Balaban J connectivity index is 0.777. The van der Waals surface area contributed by atoms with Gasteiger partial charge < -0.3 is 34.6 Å². The number of carbonyl (C=O) groups is 3. The van der Waals surface area contributed by atoms with Crippen molar-refractivity contribution in [3.63, 3.8) is 0 Å². The second kappa shape index (κ2) is 15.4. The molecule has 3 aromatic heterocycles. The van der Waals surface area contributed by atoms with Crippen LogP contribution in [0, 0.1) is 5.92 Å². The monoisotopic (exact) mass is 869 g/mol. The van der Waals surface area contributed by atoms with Gasteiger partial charge in [0.25, 0.3) is 5.56 Å². The average molecular weight is 870 g/mol. The second-order valence-electron chi connectivity index (χ2n) is 17.1. The number of hydrogen-bond donors (Lipinski definition) is 3. The van der Waals surface area contributed by atoms with Gasteiger partial charge in [-0.25, -0.2) is 18.6 Å². The number of benzene rings is 2. The summed E-state index contributed by atoms with van der Waals surface area (Å²) in [6, 6.07) is 10.4. The van der Waals surface area contributed by atoms with Crippen LogP contribution in [0.2, 0.25) is 5.02 Å². The van der Waals surface area contributed by atoms with Crippen LogP contribution < -0.4 is 31.1 Å². The first-order valence-electron chi connectivity index (χ1n) is 21.2. The van der Waals surface area contributed by atoms with Gasteiger partial charge in [-0.3, -0.25) is 24.4 Å². The van der Waals surface area contributed by atoms with Crippen LogP contribution in [0.4, 0.5) is 36.7 Å². The highest BCUT2D eigenvalue weighted by molar-refractivity contribution is 6.33. The molecule has 324 valence electrons. The van der Waals surface area contributed by atoms with Crippen molar-refractivity contribution in [2.24, 2.45) is 20.0 Å². The number of halogens is 3. The molecule has 3 N–H and O–H groups in total. The fourth-order valence-electron chi connectivity index (χ4n) is 9.49. The van der Waals surface area contributed by atoms with Crippen molar-refractivity contribution >= 4 is 74.4 Å². The minimum atomic E-state index is -3.15. The Morgan fingerprint density at radius 2 is 1.68 bits per heavy atom. The molecule has 10 rings (SSSR count). The molecule has 4 fully saturated rings. The van der Waals surface area contributed by atoms with E-state index in [1.165, 1.54) is 16.3 Å². The number of imide groups is 1. The Labute approximate surface area is 359 Å². The summed E-state index contributed by atoms with van der Waals surface area (Å²) in [5, 5.41) is 15.1. The zero-order valence-electron chi connectivity index (χ0n) is 34.3. The summed E-state index contributed by atoms with van der Waals surface area (Å²) in [5.74, 6) is -3.43. The number of ether oxygens (including phenoxy) is 1. The molecule has 2 atom stereocenters. The Morgan fingerprint density at radius 1 is 0.919 bits per heavy atom. The van der Waals surface area contributed by atoms with Gasteiger partial charge in [-0.2, -0.15) is 10.1 Å². The maximum absolute atomic E-state index is 15.2. The van der Waals surface area contributed by atoms with Gasteiger partial charge in [-0.05, 0) is 73.8 Å². The minimum Gasteiger partial charge on any atom is -0.480 e. The number of carbonyl (C=O) groups excluding carboxylic acids is 3. The summed E-state index contributed by atoms with van der Waals surface area (Å²) in [6.45, 7) is 2.41. The zero-order valence-corrected chi connectivity index (χ0v) is 35.1. The lowest BCUT2D eigenvalue weighted by atomic mass is 9.88. The average Bonchev–Trinajstić information content (AvgIpc) is 4.08. The molecule has 1 saturated carbocycles. The van der Waals surface area contributed by atoms with Crippen LogP contribution in [0.1, 0.15) is 61.6 Å². The van der Waals surface area contributed by atoms with Crippen LogP contribution in [0.3, 0.4) is 0 Å². The third-order valence-electron chi connectivity index (χ3n) is 13.1. The number of urea groups is 1. The number of hydrogen-bond acceptors (Lipinski definition) is 11. The second-order valence-corrected chi connectivity index (χ2v) is 17.5. The van der Waals surface area contributed by atoms with Gasteiger partial charge in [0.2, 0.25) is 23.5 Å². The molecule has 0 bridgehead atoms. The number of nitrogens with one attached hydrogen (secondary N) is 3. The fraction of sp³-hybridized carbons (Fsp3) is 0.465. The van der Waals surface area contributed by atoms with Gasteiger partial charge in [0.15, 0.2) is 12.4 Å². The molecule has 0 radical (unpaired) electrons. The zero-order chi connectivity index (χ0) is 43.0. The van der Waals surface area contributed by atoms with Crippen molar-refractivity contribution in [1.29, 1.82) is 0 Å². The van der Waals surface area contributed by atoms with Crippen molar-refractivity contribution in [2.75, 3.05) is 61.4 Å². The van der Waals surface area contributed by atoms with E-state index in [-0.39, 0.29) is 46.1 Å². The molecule has 62 heavy (non-hydrogen) atoms. The van der Waals surface area contributed by atoms with Crippen LogP contribution in [0.5, 0.6) is 5.75 Å². The lowest BCUT2D eigenvalue weighted by Gasteiger charge is -2.39. The molecule has 5 aromatic rings. The van der Waals surface area contributed by atoms with Crippen molar-refractivity contribution in [3.8, 4) is 5.75 Å². The molecular weight excluding hydrogens is 824 g/mol. The van der Waals surface area contributed by atoms with E-state index in [2.05, 4.69) is 38.2 Å². The molecule has 4 aliphatic heterocycles. The number of pyridine rings is 1. The van der Waals surface area contributed by atoms with E-state index in [0.29, 0.717) is 99.0 Å². The summed E-state index contributed by atoms with van der Waals surface area (Å²) < 4.78 is 39.0. The largest absolute Gasteiger partial charge is 0.480 e. The molecule has 0 spiro atoms.